The molecule has 0 aliphatic heterocycles. The SMILES string of the molecule is CCCCCCCCOC(=O)/C=C(/C)C(=O)OCCCCCCCC. The number of ether oxygens (including phenoxy) is 2. The summed E-state index contributed by atoms with van der Waals surface area (Å²) in [5, 5.41) is 0. The molecule has 0 N–H and O–H groups in total. The molecule has 0 heterocycles. The standard InChI is InChI=1S/C21H38O4/c1-4-6-8-10-12-14-16-24-20(22)18-19(3)21(23)25-17-15-13-11-9-7-5-2/h18H,4-17H2,1-3H3/b19-18-. The van der Waals surface area contributed by atoms with Crippen LogP contribution in [0.4, 0.5) is 0 Å². The normalized spacial score (nSPS) is 11.4. The first kappa shape index (κ1) is 23.7. The van der Waals surface area contributed by atoms with Crippen molar-refractivity contribution in [3.05, 3.63) is 11.6 Å². The predicted octanol–water partition coefficient (Wildman–Crippen LogP) is 5.74. The van der Waals surface area contributed by atoms with Gasteiger partial charge in [0.25, 0.3) is 0 Å². The molecule has 0 bridgehead atoms. The van der Waals surface area contributed by atoms with Crippen LogP contribution < -0.4 is 0 Å². The molecule has 0 saturated heterocycles. The van der Waals surface area contributed by atoms with Crippen LogP contribution in [0.5, 0.6) is 0 Å². The second-order valence-corrected chi connectivity index (χ2v) is 6.67. The van der Waals surface area contributed by atoms with Crippen LogP contribution >= 0.6 is 0 Å². The molecule has 0 fully saturated rings. The molecule has 0 aliphatic carbocycles. The van der Waals surface area contributed by atoms with Crippen molar-refractivity contribution < 1.29 is 19.1 Å². The molecule has 0 radical (unpaired) electrons. The summed E-state index contributed by atoms with van der Waals surface area (Å²) in [4.78, 5) is 23.5. The van der Waals surface area contributed by atoms with Gasteiger partial charge < -0.3 is 9.47 Å². The van der Waals surface area contributed by atoms with Gasteiger partial charge in [-0.1, -0.05) is 78.1 Å². The van der Waals surface area contributed by atoms with Gasteiger partial charge in [0.1, 0.15) is 0 Å². The highest BCUT2D eigenvalue weighted by Crippen LogP contribution is 2.07. The van der Waals surface area contributed by atoms with Crippen molar-refractivity contribution in [1.82, 2.24) is 0 Å². The van der Waals surface area contributed by atoms with Crippen molar-refractivity contribution in [2.75, 3.05) is 13.2 Å². The third kappa shape index (κ3) is 15.9. The highest BCUT2D eigenvalue weighted by atomic mass is 16.5. The highest BCUT2D eigenvalue weighted by molar-refractivity contribution is 5.95. The molecule has 0 amide bonds. The summed E-state index contributed by atoms with van der Waals surface area (Å²) >= 11 is 0. The maximum atomic E-state index is 11.8. The number of carbonyl (C=O) groups is 2. The Morgan fingerprint density at radius 1 is 0.680 bits per heavy atom. The Labute approximate surface area is 154 Å². The van der Waals surface area contributed by atoms with Gasteiger partial charge in [-0.2, -0.15) is 0 Å². The fourth-order valence-electron chi connectivity index (χ4n) is 2.49. The molecule has 4 nitrogen and oxygen atoms in total. The minimum Gasteiger partial charge on any atom is -0.463 e. The monoisotopic (exact) mass is 354 g/mol. The van der Waals surface area contributed by atoms with Gasteiger partial charge in [0, 0.05) is 11.6 Å². The van der Waals surface area contributed by atoms with Gasteiger partial charge in [-0.25, -0.2) is 9.59 Å². The lowest BCUT2D eigenvalue weighted by Gasteiger charge is -2.06. The van der Waals surface area contributed by atoms with Crippen molar-refractivity contribution in [3.63, 3.8) is 0 Å². The van der Waals surface area contributed by atoms with E-state index in [0.717, 1.165) is 25.7 Å². The highest BCUT2D eigenvalue weighted by Gasteiger charge is 2.08. The van der Waals surface area contributed by atoms with Crippen molar-refractivity contribution in [2.45, 2.75) is 97.8 Å². The van der Waals surface area contributed by atoms with E-state index >= 15 is 0 Å². The Hall–Kier alpha value is -1.32. The topological polar surface area (TPSA) is 52.6 Å². The van der Waals surface area contributed by atoms with Crippen LogP contribution in [0, 0.1) is 0 Å². The summed E-state index contributed by atoms with van der Waals surface area (Å²) in [6, 6.07) is 0. The molecule has 0 aromatic rings. The molecule has 25 heavy (non-hydrogen) atoms. The third-order valence-electron chi connectivity index (χ3n) is 4.13. The van der Waals surface area contributed by atoms with Gasteiger partial charge in [-0.05, 0) is 19.8 Å². The Kier molecular flexibility index (Phi) is 16.6. The Morgan fingerprint density at radius 2 is 1.12 bits per heavy atom. The zero-order chi connectivity index (χ0) is 18.8. The van der Waals surface area contributed by atoms with Gasteiger partial charge in [0.2, 0.25) is 0 Å². The second kappa shape index (κ2) is 17.5. The number of unbranched alkanes of at least 4 members (excludes halogenated alkanes) is 10. The number of hydrogen-bond acceptors (Lipinski definition) is 4. The third-order valence-corrected chi connectivity index (χ3v) is 4.13. The number of esters is 2. The van der Waals surface area contributed by atoms with E-state index in [-0.39, 0.29) is 0 Å². The van der Waals surface area contributed by atoms with Crippen molar-refractivity contribution in [2.24, 2.45) is 0 Å². The summed E-state index contributed by atoms with van der Waals surface area (Å²) in [7, 11) is 0. The molecule has 4 heteroatoms. The Bertz CT molecular complexity index is 374. The van der Waals surface area contributed by atoms with Crippen LogP contribution in [0.3, 0.4) is 0 Å². The average Bonchev–Trinajstić information content (AvgIpc) is 2.59. The van der Waals surface area contributed by atoms with E-state index in [4.69, 9.17) is 9.47 Å². The van der Waals surface area contributed by atoms with Crippen LogP contribution in [0.15, 0.2) is 11.6 Å². The molecule has 146 valence electrons. The zero-order valence-electron chi connectivity index (χ0n) is 16.6. The molecule has 0 aromatic carbocycles. The minimum atomic E-state index is -0.456. The fourth-order valence-corrected chi connectivity index (χ4v) is 2.49. The number of carbonyl (C=O) groups excluding carboxylic acids is 2. The molecule has 0 unspecified atom stereocenters. The Balaban J connectivity index is 3.71. The van der Waals surface area contributed by atoms with Crippen molar-refractivity contribution >= 4 is 11.9 Å². The van der Waals surface area contributed by atoms with Gasteiger partial charge in [-0.3, -0.25) is 0 Å². The first-order valence-electron chi connectivity index (χ1n) is 10.1. The zero-order valence-corrected chi connectivity index (χ0v) is 16.6. The molecule has 0 saturated carbocycles. The molecular weight excluding hydrogens is 316 g/mol. The average molecular weight is 355 g/mol. The predicted molar refractivity (Wildman–Crippen MR) is 102 cm³/mol. The summed E-state index contributed by atoms with van der Waals surface area (Å²) in [6.45, 7) is 6.81. The summed E-state index contributed by atoms with van der Waals surface area (Å²) in [6.07, 6.45) is 15.0. The lowest BCUT2D eigenvalue weighted by molar-refractivity contribution is -0.141. The van der Waals surface area contributed by atoms with E-state index < -0.39 is 11.9 Å². The second-order valence-electron chi connectivity index (χ2n) is 6.67. The summed E-state index contributed by atoms with van der Waals surface area (Å²) in [5.74, 6) is -0.882. The molecule has 0 atom stereocenters. The maximum Gasteiger partial charge on any atom is 0.333 e. The molecular formula is C21H38O4. The smallest absolute Gasteiger partial charge is 0.333 e. The van der Waals surface area contributed by atoms with Gasteiger partial charge in [0.05, 0.1) is 13.2 Å². The fraction of sp³-hybridized carbons (Fsp3) is 0.810. The van der Waals surface area contributed by atoms with Crippen LogP contribution in [-0.4, -0.2) is 25.2 Å². The largest absolute Gasteiger partial charge is 0.463 e. The van der Waals surface area contributed by atoms with Crippen LogP contribution in [0.1, 0.15) is 97.8 Å². The van der Waals surface area contributed by atoms with E-state index in [1.54, 1.807) is 6.92 Å². The van der Waals surface area contributed by atoms with Gasteiger partial charge in [0.15, 0.2) is 0 Å². The first-order chi connectivity index (χ1) is 12.1. The van der Waals surface area contributed by atoms with Gasteiger partial charge >= 0.3 is 11.9 Å². The first-order valence-corrected chi connectivity index (χ1v) is 10.1. The lowest BCUT2D eigenvalue weighted by Crippen LogP contribution is -2.10. The number of hydrogen-bond donors (Lipinski definition) is 0. The molecule has 0 rings (SSSR count). The van der Waals surface area contributed by atoms with E-state index in [0.29, 0.717) is 18.8 Å². The molecule has 0 aromatic heterocycles. The van der Waals surface area contributed by atoms with Gasteiger partial charge in [-0.15, -0.1) is 0 Å². The summed E-state index contributed by atoms with van der Waals surface area (Å²) in [5.41, 5.74) is 0.305. The van der Waals surface area contributed by atoms with E-state index in [2.05, 4.69) is 13.8 Å². The lowest BCUT2D eigenvalue weighted by atomic mass is 10.1. The van der Waals surface area contributed by atoms with E-state index in [1.807, 2.05) is 0 Å². The quantitative estimate of drug-likeness (QED) is 0.201. The van der Waals surface area contributed by atoms with E-state index in [1.165, 1.54) is 57.4 Å². The Morgan fingerprint density at radius 3 is 1.64 bits per heavy atom. The van der Waals surface area contributed by atoms with Crippen molar-refractivity contribution in [3.8, 4) is 0 Å². The maximum absolute atomic E-state index is 11.8. The molecule has 0 aliphatic rings. The van der Waals surface area contributed by atoms with Crippen LogP contribution in [0.2, 0.25) is 0 Å². The number of rotatable bonds is 16. The van der Waals surface area contributed by atoms with Crippen LogP contribution in [0.25, 0.3) is 0 Å². The summed E-state index contributed by atoms with van der Waals surface area (Å²) < 4.78 is 10.3. The van der Waals surface area contributed by atoms with E-state index in [9.17, 15) is 9.59 Å². The van der Waals surface area contributed by atoms with Crippen molar-refractivity contribution in [1.29, 1.82) is 0 Å². The van der Waals surface area contributed by atoms with Crippen LogP contribution in [-0.2, 0) is 19.1 Å². The minimum absolute atomic E-state index is 0.305. The molecule has 0 spiro atoms.